The van der Waals surface area contributed by atoms with E-state index in [9.17, 15) is 10.1 Å². The number of benzene rings is 3. The zero-order valence-corrected chi connectivity index (χ0v) is 18.7. The summed E-state index contributed by atoms with van der Waals surface area (Å²) in [5, 5.41) is 10.1. The van der Waals surface area contributed by atoms with Gasteiger partial charge in [-0.15, -0.1) is 0 Å². The van der Waals surface area contributed by atoms with Crippen LogP contribution in [0.2, 0.25) is 5.02 Å². The molecule has 0 saturated heterocycles. The molecule has 1 atom stereocenters. The fourth-order valence-corrected chi connectivity index (χ4v) is 3.22. The molecule has 1 unspecified atom stereocenters. The molecule has 3 rings (SSSR count). The van der Waals surface area contributed by atoms with Crippen LogP contribution < -0.4 is 14.2 Å². The first-order valence-corrected chi connectivity index (χ1v) is 10.3. The molecule has 5 nitrogen and oxygen atoms in total. The van der Waals surface area contributed by atoms with Gasteiger partial charge in [-0.3, -0.25) is 0 Å². The number of nitrogens with zero attached hydrogens (tertiary/aromatic N) is 1. The lowest BCUT2D eigenvalue weighted by Crippen LogP contribution is -2.28. The summed E-state index contributed by atoms with van der Waals surface area (Å²) in [5.74, 6) is 0.614. The van der Waals surface area contributed by atoms with Gasteiger partial charge in [0, 0.05) is 5.02 Å². The molecule has 3 aromatic rings. The van der Waals surface area contributed by atoms with Crippen molar-refractivity contribution in [3.63, 3.8) is 0 Å². The highest BCUT2D eigenvalue weighted by molar-refractivity contribution is 6.30. The number of esters is 1. The van der Waals surface area contributed by atoms with Gasteiger partial charge in [-0.25, -0.2) is 4.79 Å². The van der Waals surface area contributed by atoms with Gasteiger partial charge < -0.3 is 14.2 Å². The number of carbonyl (C=O) groups is 1. The number of hydrogen-bond donors (Lipinski definition) is 0. The van der Waals surface area contributed by atoms with Crippen molar-refractivity contribution in [1.29, 1.82) is 5.26 Å². The molecular formula is C26H22ClNO4. The second-order valence-electron chi connectivity index (χ2n) is 7.04. The molecule has 32 heavy (non-hydrogen) atoms. The van der Waals surface area contributed by atoms with E-state index in [-0.39, 0.29) is 5.75 Å². The van der Waals surface area contributed by atoms with E-state index in [0.717, 1.165) is 16.7 Å². The Morgan fingerprint density at radius 3 is 2.41 bits per heavy atom. The van der Waals surface area contributed by atoms with Crippen molar-refractivity contribution in [2.75, 3.05) is 7.11 Å². The maximum Gasteiger partial charge on any atom is 0.352 e. The van der Waals surface area contributed by atoms with Gasteiger partial charge in [-0.05, 0) is 66.9 Å². The van der Waals surface area contributed by atoms with Crippen molar-refractivity contribution in [2.24, 2.45) is 0 Å². The van der Waals surface area contributed by atoms with Crippen molar-refractivity contribution in [3.8, 4) is 23.3 Å². The first-order chi connectivity index (χ1) is 15.4. The SMILES string of the molecule is COc1cc(/C=C(\C#N)c2ccccc2)ccc1OC(=O)C(C)Oc1ccc(Cl)cc1C. The number of allylic oxidation sites excluding steroid dienone is 1. The van der Waals surface area contributed by atoms with Crippen molar-refractivity contribution in [1.82, 2.24) is 0 Å². The molecule has 0 bridgehead atoms. The third-order valence-corrected chi connectivity index (χ3v) is 4.92. The predicted molar refractivity (Wildman–Crippen MR) is 125 cm³/mol. The molecule has 162 valence electrons. The lowest BCUT2D eigenvalue weighted by Gasteiger charge is -2.16. The number of ether oxygens (including phenoxy) is 3. The monoisotopic (exact) mass is 447 g/mol. The van der Waals surface area contributed by atoms with Crippen LogP contribution in [0.15, 0.2) is 66.7 Å². The fourth-order valence-electron chi connectivity index (χ4n) is 3.00. The number of halogens is 1. The van der Waals surface area contributed by atoms with Gasteiger partial charge in [-0.1, -0.05) is 48.0 Å². The number of aryl methyl sites for hydroxylation is 1. The van der Waals surface area contributed by atoms with Gasteiger partial charge in [0.1, 0.15) is 5.75 Å². The maximum atomic E-state index is 12.6. The highest BCUT2D eigenvalue weighted by Crippen LogP contribution is 2.31. The number of carbonyl (C=O) groups excluding carboxylic acids is 1. The van der Waals surface area contributed by atoms with Crippen LogP contribution in [0, 0.1) is 18.3 Å². The van der Waals surface area contributed by atoms with Gasteiger partial charge in [0.25, 0.3) is 0 Å². The second kappa shape index (κ2) is 10.5. The number of rotatable bonds is 7. The van der Waals surface area contributed by atoms with Crippen molar-refractivity contribution < 1.29 is 19.0 Å². The minimum atomic E-state index is -0.845. The Morgan fingerprint density at radius 1 is 1.03 bits per heavy atom. The van der Waals surface area contributed by atoms with Crippen LogP contribution in [0.5, 0.6) is 17.2 Å². The topological polar surface area (TPSA) is 68.5 Å². The molecule has 0 aliphatic heterocycles. The summed E-state index contributed by atoms with van der Waals surface area (Å²) in [5.41, 5.74) is 2.88. The molecule has 0 fully saturated rings. The lowest BCUT2D eigenvalue weighted by molar-refractivity contribution is -0.141. The predicted octanol–water partition coefficient (Wildman–Crippen LogP) is 6.09. The van der Waals surface area contributed by atoms with E-state index in [1.165, 1.54) is 7.11 Å². The Kier molecular flexibility index (Phi) is 7.54. The molecule has 6 heteroatoms. The summed E-state index contributed by atoms with van der Waals surface area (Å²) in [6.45, 7) is 3.46. The van der Waals surface area contributed by atoms with Crippen LogP contribution in [0.25, 0.3) is 11.6 Å². The zero-order chi connectivity index (χ0) is 23.1. The highest BCUT2D eigenvalue weighted by atomic mass is 35.5. The van der Waals surface area contributed by atoms with Crippen LogP contribution in [0.3, 0.4) is 0 Å². The molecule has 3 aromatic carbocycles. The van der Waals surface area contributed by atoms with E-state index in [1.54, 1.807) is 49.4 Å². The van der Waals surface area contributed by atoms with Gasteiger partial charge in [0.05, 0.1) is 18.8 Å². The molecule has 0 aliphatic carbocycles. The first kappa shape index (κ1) is 22.9. The minimum Gasteiger partial charge on any atom is -0.493 e. The van der Waals surface area contributed by atoms with E-state index in [2.05, 4.69) is 6.07 Å². The molecule has 0 amide bonds. The fraction of sp³-hybridized carbons (Fsp3) is 0.154. The van der Waals surface area contributed by atoms with Gasteiger partial charge in [-0.2, -0.15) is 5.26 Å². The molecule has 0 aromatic heterocycles. The quantitative estimate of drug-likeness (QED) is 0.189. The summed E-state index contributed by atoms with van der Waals surface area (Å²) >= 11 is 5.96. The summed E-state index contributed by atoms with van der Waals surface area (Å²) in [7, 11) is 1.49. The summed E-state index contributed by atoms with van der Waals surface area (Å²) in [6, 6.07) is 21.8. The van der Waals surface area contributed by atoms with Gasteiger partial charge in [0.15, 0.2) is 17.6 Å². The Balaban J connectivity index is 1.76. The normalized spacial score (nSPS) is 11.9. The molecule has 0 heterocycles. The van der Waals surface area contributed by atoms with E-state index in [1.807, 2.05) is 37.3 Å². The number of methoxy groups -OCH3 is 1. The molecule has 0 radical (unpaired) electrons. The van der Waals surface area contributed by atoms with Crippen LogP contribution in [-0.2, 0) is 4.79 Å². The highest BCUT2D eigenvalue weighted by Gasteiger charge is 2.20. The Morgan fingerprint density at radius 2 is 1.75 bits per heavy atom. The largest absolute Gasteiger partial charge is 0.493 e. The van der Waals surface area contributed by atoms with E-state index >= 15 is 0 Å². The number of nitriles is 1. The van der Waals surface area contributed by atoms with Gasteiger partial charge in [0.2, 0.25) is 0 Å². The van der Waals surface area contributed by atoms with Crippen molar-refractivity contribution in [3.05, 3.63) is 88.4 Å². The molecular weight excluding hydrogens is 426 g/mol. The van der Waals surface area contributed by atoms with Crippen LogP contribution in [0.1, 0.15) is 23.6 Å². The smallest absolute Gasteiger partial charge is 0.352 e. The average molecular weight is 448 g/mol. The summed E-state index contributed by atoms with van der Waals surface area (Å²) in [4.78, 5) is 12.6. The van der Waals surface area contributed by atoms with Crippen molar-refractivity contribution >= 4 is 29.2 Å². The standard InChI is InChI=1S/C26H22ClNO4/c1-17-13-22(27)10-12-23(17)31-18(2)26(29)32-24-11-9-19(15-25(24)30-3)14-21(16-28)20-7-5-4-6-8-20/h4-15,18H,1-3H3/b21-14+. The van der Waals surface area contributed by atoms with Crippen LogP contribution in [0.4, 0.5) is 0 Å². The molecule has 0 aliphatic rings. The third-order valence-electron chi connectivity index (χ3n) is 4.69. The third kappa shape index (κ3) is 5.69. The summed E-state index contributed by atoms with van der Waals surface area (Å²) in [6.07, 6.45) is 0.904. The Hall–Kier alpha value is -3.75. The lowest BCUT2D eigenvalue weighted by atomic mass is 10.0. The zero-order valence-electron chi connectivity index (χ0n) is 18.0. The van der Waals surface area contributed by atoms with Gasteiger partial charge >= 0.3 is 5.97 Å². The maximum absolute atomic E-state index is 12.6. The van der Waals surface area contributed by atoms with E-state index in [4.69, 9.17) is 25.8 Å². The van der Waals surface area contributed by atoms with E-state index < -0.39 is 12.1 Å². The first-order valence-electron chi connectivity index (χ1n) is 9.91. The van der Waals surface area contributed by atoms with Crippen LogP contribution in [-0.4, -0.2) is 19.2 Å². The molecule has 0 spiro atoms. The average Bonchev–Trinajstić information content (AvgIpc) is 2.80. The summed E-state index contributed by atoms with van der Waals surface area (Å²) < 4.78 is 16.6. The minimum absolute atomic E-state index is 0.260. The number of hydrogen-bond acceptors (Lipinski definition) is 5. The molecule has 0 N–H and O–H groups in total. The van der Waals surface area contributed by atoms with Crippen molar-refractivity contribution in [2.45, 2.75) is 20.0 Å². The van der Waals surface area contributed by atoms with E-state index in [0.29, 0.717) is 22.1 Å². The molecule has 0 saturated carbocycles. The Labute approximate surface area is 192 Å². The second-order valence-corrected chi connectivity index (χ2v) is 7.47. The van der Waals surface area contributed by atoms with Crippen LogP contribution >= 0.6 is 11.6 Å². The Bertz CT molecular complexity index is 1180.